The van der Waals surface area contributed by atoms with E-state index in [1.807, 2.05) is 0 Å². The van der Waals surface area contributed by atoms with E-state index in [0.717, 1.165) is 12.8 Å². The highest BCUT2D eigenvalue weighted by molar-refractivity contribution is 5.97. The van der Waals surface area contributed by atoms with E-state index in [9.17, 15) is 9.59 Å². The summed E-state index contributed by atoms with van der Waals surface area (Å²) in [5.74, 6) is 0.443. The predicted molar refractivity (Wildman–Crippen MR) is 64.4 cm³/mol. The molecule has 2 aliphatic heterocycles. The van der Waals surface area contributed by atoms with Crippen molar-refractivity contribution in [2.75, 3.05) is 0 Å². The highest BCUT2D eigenvalue weighted by atomic mass is 16.6. The summed E-state index contributed by atoms with van der Waals surface area (Å²) in [5.41, 5.74) is 0. The Kier molecular flexibility index (Phi) is 3.74. The topological polar surface area (TPSA) is 77.3 Å². The van der Waals surface area contributed by atoms with Gasteiger partial charge in [-0.1, -0.05) is 0 Å². The van der Waals surface area contributed by atoms with Gasteiger partial charge in [-0.3, -0.25) is 0 Å². The molecule has 2 unspecified atom stereocenters. The second-order valence-corrected chi connectivity index (χ2v) is 4.45. The fourth-order valence-corrected chi connectivity index (χ4v) is 1.78. The molecule has 2 atom stereocenters. The number of unbranched alkanes of at least 4 members (excludes halogenated alkanes) is 1. The predicted octanol–water partition coefficient (Wildman–Crippen LogP) is 1.23. The van der Waals surface area contributed by atoms with Gasteiger partial charge in [0, 0.05) is 12.8 Å². The van der Waals surface area contributed by atoms with E-state index in [-0.39, 0.29) is 24.0 Å². The number of carbonyl (C=O) groups is 2. The fraction of sp³-hybridized carbons (Fsp3) is 0.667. The lowest BCUT2D eigenvalue weighted by Crippen LogP contribution is -2.11. The molecule has 0 saturated carbocycles. The van der Waals surface area contributed by atoms with Crippen LogP contribution in [0, 0.1) is 0 Å². The Bertz CT molecular complexity index is 388. The third kappa shape index (κ3) is 2.94. The van der Waals surface area contributed by atoms with Gasteiger partial charge < -0.3 is 9.47 Å². The lowest BCUT2D eigenvalue weighted by atomic mass is 10.2. The van der Waals surface area contributed by atoms with Crippen LogP contribution in [0.15, 0.2) is 9.98 Å². The number of esters is 2. The maximum absolute atomic E-state index is 11.1. The number of hydrogen-bond donors (Lipinski definition) is 0. The van der Waals surface area contributed by atoms with Crippen molar-refractivity contribution in [2.24, 2.45) is 9.98 Å². The van der Waals surface area contributed by atoms with Gasteiger partial charge >= 0.3 is 11.9 Å². The van der Waals surface area contributed by atoms with Gasteiger partial charge in [0.2, 0.25) is 0 Å². The molecule has 0 amide bonds. The van der Waals surface area contributed by atoms with Gasteiger partial charge in [-0.2, -0.15) is 0 Å². The van der Waals surface area contributed by atoms with Crippen LogP contribution in [-0.2, 0) is 19.1 Å². The number of rotatable bonds is 5. The van der Waals surface area contributed by atoms with E-state index < -0.39 is 0 Å². The second kappa shape index (κ2) is 5.29. The molecule has 6 heteroatoms. The zero-order valence-electron chi connectivity index (χ0n) is 10.5. The average Bonchev–Trinajstić information content (AvgIpc) is 2.79. The smallest absolute Gasteiger partial charge is 0.337 e. The van der Waals surface area contributed by atoms with Crippen molar-refractivity contribution >= 4 is 23.7 Å². The van der Waals surface area contributed by atoms with Crippen LogP contribution in [0.5, 0.6) is 0 Å². The maximum atomic E-state index is 11.1. The van der Waals surface area contributed by atoms with Crippen LogP contribution in [0.1, 0.15) is 39.5 Å². The second-order valence-electron chi connectivity index (χ2n) is 4.45. The lowest BCUT2D eigenvalue weighted by molar-refractivity contribution is -0.135. The Morgan fingerprint density at radius 3 is 1.56 bits per heavy atom. The molecule has 0 aromatic rings. The molecule has 0 bridgehead atoms. The standard InChI is InChI=1S/C12H16N2O4/c1-7-11(15)17-9(13-7)5-3-4-6-10-14-8(2)12(16)18-10/h7-8H,3-6H2,1-2H3. The lowest BCUT2D eigenvalue weighted by Gasteiger charge is -2.00. The largest absolute Gasteiger partial charge is 0.410 e. The molecule has 6 nitrogen and oxygen atoms in total. The Morgan fingerprint density at radius 1 is 0.889 bits per heavy atom. The van der Waals surface area contributed by atoms with Gasteiger partial charge in [0.1, 0.15) is 12.1 Å². The molecular weight excluding hydrogens is 236 g/mol. The Hall–Kier alpha value is -1.72. The van der Waals surface area contributed by atoms with E-state index in [4.69, 9.17) is 9.47 Å². The van der Waals surface area contributed by atoms with Gasteiger partial charge in [-0.15, -0.1) is 0 Å². The van der Waals surface area contributed by atoms with Gasteiger partial charge in [0.25, 0.3) is 0 Å². The molecule has 2 aliphatic rings. The first-order valence-corrected chi connectivity index (χ1v) is 6.13. The SMILES string of the molecule is CC1N=C(CCCCC2=NC(C)C(=O)O2)OC1=O. The molecule has 0 aromatic heterocycles. The third-order valence-electron chi connectivity index (χ3n) is 2.83. The summed E-state index contributed by atoms with van der Waals surface area (Å²) in [4.78, 5) is 30.4. The number of hydrogen-bond acceptors (Lipinski definition) is 6. The van der Waals surface area contributed by atoms with Gasteiger partial charge in [-0.05, 0) is 26.7 Å². The summed E-state index contributed by atoms with van der Waals surface area (Å²) < 4.78 is 9.95. The molecule has 0 aromatic carbocycles. The normalized spacial score (nSPS) is 26.8. The van der Waals surface area contributed by atoms with Crippen molar-refractivity contribution < 1.29 is 19.1 Å². The molecule has 98 valence electrons. The summed E-state index contributed by atoms with van der Waals surface area (Å²) >= 11 is 0. The Labute approximate surface area is 105 Å². The van der Waals surface area contributed by atoms with Gasteiger partial charge in [-0.25, -0.2) is 19.6 Å². The van der Waals surface area contributed by atoms with E-state index in [1.165, 1.54) is 0 Å². The van der Waals surface area contributed by atoms with Gasteiger partial charge in [0.05, 0.1) is 0 Å². The first-order valence-electron chi connectivity index (χ1n) is 6.13. The molecule has 0 N–H and O–H groups in total. The zero-order valence-corrected chi connectivity index (χ0v) is 10.5. The average molecular weight is 252 g/mol. The fourth-order valence-electron chi connectivity index (χ4n) is 1.78. The number of carbonyl (C=O) groups excluding carboxylic acids is 2. The van der Waals surface area contributed by atoms with Crippen LogP contribution in [0.4, 0.5) is 0 Å². The summed E-state index contributed by atoms with van der Waals surface area (Å²) in [7, 11) is 0. The quantitative estimate of drug-likeness (QED) is 0.544. The highest BCUT2D eigenvalue weighted by Gasteiger charge is 2.25. The molecule has 2 heterocycles. The third-order valence-corrected chi connectivity index (χ3v) is 2.83. The van der Waals surface area contributed by atoms with Crippen molar-refractivity contribution in [1.82, 2.24) is 0 Å². The van der Waals surface area contributed by atoms with Crippen molar-refractivity contribution in [1.29, 1.82) is 0 Å². The number of nitrogens with zero attached hydrogens (tertiary/aromatic N) is 2. The monoisotopic (exact) mass is 252 g/mol. The highest BCUT2D eigenvalue weighted by Crippen LogP contribution is 2.14. The zero-order chi connectivity index (χ0) is 13.1. The maximum Gasteiger partial charge on any atom is 0.337 e. The van der Waals surface area contributed by atoms with Crippen molar-refractivity contribution in [2.45, 2.75) is 51.6 Å². The molecule has 0 radical (unpaired) electrons. The van der Waals surface area contributed by atoms with Crippen LogP contribution in [0.2, 0.25) is 0 Å². The number of cyclic esters (lactones) is 2. The van der Waals surface area contributed by atoms with Crippen LogP contribution in [0.25, 0.3) is 0 Å². The van der Waals surface area contributed by atoms with Crippen molar-refractivity contribution in [3.8, 4) is 0 Å². The molecular formula is C12H16N2O4. The summed E-state index contributed by atoms with van der Waals surface area (Å²) in [6.07, 6.45) is 2.91. The number of ether oxygens (including phenoxy) is 2. The molecule has 0 fully saturated rings. The van der Waals surface area contributed by atoms with E-state index >= 15 is 0 Å². The van der Waals surface area contributed by atoms with E-state index in [2.05, 4.69) is 9.98 Å². The van der Waals surface area contributed by atoms with Crippen LogP contribution >= 0.6 is 0 Å². The van der Waals surface area contributed by atoms with E-state index in [1.54, 1.807) is 13.8 Å². The molecule has 0 aliphatic carbocycles. The van der Waals surface area contributed by atoms with Crippen molar-refractivity contribution in [3.05, 3.63) is 0 Å². The minimum absolute atomic E-state index is 0.284. The van der Waals surface area contributed by atoms with Gasteiger partial charge in [0.15, 0.2) is 11.8 Å². The first-order chi connectivity index (χ1) is 8.56. The van der Waals surface area contributed by atoms with E-state index in [0.29, 0.717) is 24.6 Å². The van der Waals surface area contributed by atoms with Crippen LogP contribution in [-0.4, -0.2) is 35.8 Å². The van der Waals surface area contributed by atoms with Crippen LogP contribution in [0.3, 0.4) is 0 Å². The number of aliphatic imine (C=N–C) groups is 2. The molecule has 18 heavy (non-hydrogen) atoms. The molecule has 0 spiro atoms. The Balaban J connectivity index is 1.66. The van der Waals surface area contributed by atoms with Crippen molar-refractivity contribution in [3.63, 3.8) is 0 Å². The minimum atomic E-state index is -0.374. The summed E-state index contributed by atoms with van der Waals surface area (Å²) in [5, 5.41) is 0. The summed E-state index contributed by atoms with van der Waals surface area (Å²) in [6.45, 7) is 3.42. The molecule has 2 rings (SSSR count). The minimum Gasteiger partial charge on any atom is -0.410 e. The Morgan fingerprint density at radius 2 is 1.28 bits per heavy atom. The summed E-state index contributed by atoms with van der Waals surface area (Å²) in [6, 6.07) is -0.748. The van der Waals surface area contributed by atoms with Crippen LogP contribution < -0.4 is 0 Å². The first kappa shape index (κ1) is 12.7. The molecule has 0 saturated heterocycles.